The van der Waals surface area contributed by atoms with Crippen LogP contribution in [0.25, 0.3) is 0 Å². The van der Waals surface area contributed by atoms with Crippen molar-refractivity contribution in [1.82, 2.24) is 4.90 Å². The SMILES string of the molecule is CC12CCC(CN(CCC34CC5CC(CC(C5)C3)C4)C1)C2(C)C. The fraction of sp³-hybridized carbons (Fsp3) is 1.00. The lowest BCUT2D eigenvalue weighted by Crippen LogP contribution is -2.53. The van der Waals surface area contributed by atoms with Gasteiger partial charge in [0.15, 0.2) is 0 Å². The largest absolute Gasteiger partial charge is 0.302 e. The molecule has 2 unspecified atom stereocenters. The van der Waals surface area contributed by atoms with Crippen LogP contribution in [0.5, 0.6) is 0 Å². The minimum absolute atomic E-state index is 0.574. The second-order valence-corrected chi connectivity index (χ2v) is 11.4. The second kappa shape index (κ2) is 4.77. The van der Waals surface area contributed by atoms with Crippen molar-refractivity contribution in [3.05, 3.63) is 0 Å². The molecule has 1 heteroatoms. The van der Waals surface area contributed by atoms with Crippen LogP contribution in [0.3, 0.4) is 0 Å². The fourth-order valence-electron chi connectivity index (χ4n) is 8.30. The molecule has 0 amide bonds. The highest BCUT2D eigenvalue weighted by atomic mass is 15.2. The van der Waals surface area contributed by atoms with Crippen LogP contribution in [-0.2, 0) is 0 Å². The van der Waals surface area contributed by atoms with Gasteiger partial charge in [-0.2, -0.15) is 0 Å². The monoisotopic (exact) mass is 315 g/mol. The van der Waals surface area contributed by atoms with E-state index in [9.17, 15) is 0 Å². The molecule has 23 heavy (non-hydrogen) atoms. The quantitative estimate of drug-likeness (QED) is 0.678. The summed E-state index contributed by atoms with van der Waals surface area (Å²) >= 11 is 0. The molecule has 2 atom stereocenters. The van der Waals surface area contributed by atoms with Gasteiger partial charge >= 0.3 is 0 Å². The summed E-state index contributed by atoms with van der Waals surface area (Å²) in [5, 5.41) is 0. The number of hydrogen-bond acceptors (Lipinski definition) is 1. The fourth-order valence-corrected chi connectivity index (χ4v) is 8.30. The van der Waals surface area contributed by atoms with Crippen molar-refractivity contribution in [2.24, 2.45) is 39.9 Å². The summed E-state index contributed by atoms with van der Waals surface area (Å²) in [7, 11) is 0. The van der Waals surface area contributed by atoms with E-state index in [2.05, 4.69) is 25.7 Å². The Hall–Kier alpha value is -0.0400. The molecule has 5 aliphatic carbocycles. The minimum atomic E-state index is 0.574. The molecule has 6 bridgehead atoms. The van der Waals surface area contributed by atoms with E-state index in [-0.39, 0.29) is 0 Å². The maximum atomic E-state index is 2.89. The van der Waals surface area contributed by atoms with E-state index >= 15 is 0 Å². The van der Waals surface area contributed by atoms with E-state index < -0.39 is 0 Å². The molecule has 0 aromatic rings. The molecule has 6 fully saturated rings. The second-order valence-electron chi connectivity index (χ2n) is 11.4. The molecule has 6 aliphatic rings. The maximum absolute atomic E-state index is 2.89. The normalized spacial score (nSPS) is 53.9. The molecule has 1 heterocycles. The lowest BCUT2D eigenvalue weighted by molar-refractivity contribution is -0.0709. The van der Waals surface area contributed by atoms with Gasteiger partial charge < -0.3 is 4.90 Å². The van der Waals surface area contributed by atoms with Crippen LogP contribution >= 0.6 is 0 Å². The molecule has 5 saturated carbocycles. The summed E-state index contributed by atoms with van der Waals surface area (Å²) in [6.07, 6.45) is 14.1. The molecule has 1 nitrogen and oxygen atoms in total. The smallest absolute Gasteiger partial charge is 0.00407 e. The number of hydrogen-bond donors (Lipinski definition) is 0. The Morgan fingerprint density at radius 3 is 2.09 bits per heavy atom. The van der Waals surface area contributed by atoms with Crippen LogP contribution in [0.4, 0.5) is 0 Å². The molecule has 0 aromatic heterocycles. The standard InChI is InChI=1S/C22H37N/c1-20(2)19-4-5-21(20,3)15-23(14-19)7-6-22-11-16-8-17(12-22)10-18(9-16)13-22/h16-19H,4-15H2,1-3H3. The highest BCUT2D eigenvalue weighted by Gasteiger charge is 2.56. The number of likely N-dealkylation sites (tertiary alicyclic amines) is 1. The predicted octanol–water partition coefficient (Wildman–Crippen LogP) is 5.35. The van der Waals surface area contributed by atoms with Crippen LogP contribution in [0, 0.1) is 39.9 Å². The number of piperidine rings is 1. The van der Waals surface area contributed by atoms with Gasteiger partial charge in [0.05, 0.1) is 0 Å². The summed E-state index contributed by atoms with van der Waals surface area (Å²) in [6.45, 7) is 11.9. The Morgan fingerprint density at radius 2 is 1.52 bits per heavy atom. The maximum Gasteiger partial charge on any atom is 0.00407 e. The third kappa shape index (κ3) is 2.21. The van der Waals surface area contributed by atoms with Crippen LogP contribution < -0.4 is 0 Å². The summed E-state index contributed by atoms with van der Waals surface area (Å²) in [5.74, 6) is 4.32. The van der Waals surface area contributed by atoms with Crippen LogP contribution in [0.15, 0.2) is 0 Å². The topological polar surface area (TPSA) is 3.24 Å². The average Bonchev–Trinajstić information content (AvgIpc) is 2.61. The van der Waals surface area contributed by atoms with Gasteiger partial charge in [0.2, 0.25) is 0 Å². The number of fused-ring (bicyclic) bond motifs is 2. The third-order valence-electron chi connectivity index (χ3n) is 9.80. The summed E-state index contributed by atoms with van der Waals surface area (Å²) in [6, 6.07) is 0. The van der Waals surface area contributed by atoms with Crippen molar-refractivity contribution in [2.75, 3.05) is 19.6 Å². The molecular weight excluding hydrogens is 278 g/mol. The zero-order chi connectivity index (χ0) is 15.9. The Kier molecular flexibility index (Phi) is 3.16. The van der Waals surface area contributed by atoms with E-state index in [0.29, 0.717) is 10.8 Å². The van der Waals surface area contributed by atoms with Gasteiger partial charge in [-0.05, 0) is 104 Å². The lowest BCUT2D eigenvalue weighted by Gasteiger charge is -2.58. The molecule has 1 aliphatic heterocycles. The molecule has 0 radical (unpaired) electrons. The first-order chi connectivity index (χ1) is 10.9. The molecule has 0 N–H and O–H groups in total. The number of rotatable bonds is 3. The Labute approximate surface area is 143 Å². The van der Waals surface area contributed by atoms with Gasteiger partial charge in [-0.15, -0.1) is 0 Å². The van der Waals surface area contributed by atoms with Gasteiger partial charge in [0.25, 0.3) is 0 Å². The van der Waals surface area contributed by atoms with E-state index in [1.807, 2.05) is 0 Å². The minimum Gasteiger partial charge on any atom is -0.302 e. The van der Waals surface area contributed by atoms with Gasteiger partial charge in [-0.25, -0.2) is 0 Å². The van der Waals surface area contributed by atoms with Crippen LogP contribution in [0.2, 0.25) is 0 Å². The highest BCUT2D eigenvalue weighted by molar-refractivity contribution is 5.07. The molecule has 1 saturated heterocycles. The van der Waals surface area contributed by atoms with Crippen molar-refractivity contribution in [2.45, 2.75) is 78.6 Å². The first-order valence-electron chi connectivity index (χ1n) is 10.6. The molecule has 0 aromatic carbocycles. The summed E-state index contributed by atoms with van der Waals surface area (Å²) in [4.78, 5) is 2.89. The predicted molar refractivity (Wildman–Crippen MR) is 96.3 cm³/mol. The first-order valence-corrected chi connectivity index (χ1v) is 10.6. The van der Waals surface area contributed by atoms with E-state index in [1.54, 1.807) is 38.5 Å². The van der Waals surface area contributed by atoms with Crippen LogP contribution in [0.1, 0.15) is 78.6 Å². The van der Waals surface area contributed by atoms with Crippen molar-refractivity contribution < 1.29 is 0 Å². The van der Waals surface area contributed by atoms with Gasteiger partial charge in [-0.3, -0.25) is 0 Å². The Bertz CT molecular complexity index is 457. The van der Waals surface area contributed by atoms with E-state index in [4.69, 9.17) is 0 Å². The van der Waals surface area contributed by atoms with E-state index in [0.717, 1.165) is 29.1 Å². The van der Waals surface area contributed by atoms with Gasteiger partial charge in [0, 0.05) is 13.1 Å². The van der Waals surface area contributed by atoms with E-state index in [1.165, 1.54) is 38.9 Å². The molecule has 130 valence electrons. The number of nitrogens with zero attached hydrogens (tertiary/aromatic N) is 1. The zero-order valence-corrected chi connectivity index (χ0v) is 15.7. The first kappa shape index (κ1) is 15.2. The highest BCUT2D eigenvalue weighted by Crippen LogP contribution is 2.62. The van der Waals surface area contributed by atoms with Gasteiger partial charge in [0.1, 0.15) is 0 Å². The van der Waals surface area contributed by atoms with Gasteiger partial charge in [-0.1, -0.05) is 20.8 Å². The molecular formula is C22H37N. The van der Waals surface area contributed by atoms with Crippen molar-refractivity contribution in [1.29, 1.82) is 0 Å². The lowest BCUT2D eigenvalue weighted by atomic mass is 9.49. The van der Waals surface area contributed by atoms with Crippen molar-refractivity contribution in [3.8, 4) is 0 Å². The van der Waals surface area contributed by atoms with Crippen molar-refractivity contribution in [3.63, 3.8) is 0 Å². The Balaban J connectivity index is 1.26. The van der Waals surface area contributed by atoms with Crippen molar-refractivity contribution >= 4 is 0 Å². The molecule has 6 rings (SSSR count). The summed E-state index contributed by atoms with van der Waals surface area (Å²) in [5.41, 5.74) is 1.93. The Morgan fingerprint density at radius 1 is 0.913 bits per heavy atom. The third-order valence-corrected chi connectivity index (χ3v) is 9.80. The zero-order valence-electron chi connectivity index (χ0n) is 15.7. The summed E-state index contributed by atoms with van der Waals surface area (Å²) < 4.78 is 0. The average molecular weight is 316 g/mol. The van der Waals surface area contributed by atoms with Crippen LogP contribution in [-0.4, -0.2) is 24.5 Å². The molecule has 0 spiro atoms.